The number of rotatable bonds is 4. The van der Waals surface area contributed by atoms with E-state index in [9.17, 15) is 5.11 Å². The van der Waals surface area contributed by atoms with Crippen molar-refractivity contribution in [2.45, 2.75) is 50.5 Å². The van der Waals surface area contributed by atoms with Gasteiger partial charge in [0.1, 0.15) is 0 Å². The molecule has 1 aliphatic carbocycles. The Hall–Kier alpha value is -0.120. The van der Waals surface area contributed by atoms with Gasteiger partial charge in [-0.05, 0) is 25.3 Å². The molecule has 16 heavy (non-hydrogen) atoms. The summed E-state index contributed by atoms with van der Waals surface area (Å²) in [6.07, 6.45) is 8.51. The van der Waals surface area contributed by atoms with E-state index in [1.807, 2.05) is 0 Å². The zero-order valence-electron chi connectivity index (χ0n) is 10.2. The standard InChI is InChI=1S/C13H25NO2/c15-13(6-8-16-9-7-13)11-14-10-12-4-2-1-3-5-12/h12,14-15H,1-11H2. The Labute approximate surface area is 98.6 Å². The van der Waals surface area contributed by atoms with Crippen molar-refractivity contribution in [3.05, 3.63) is 0 Å². The minimum absolute atomic E-state index is 0.507. The summed E-state index contributed by atoms with van der Waals surface area (Å²) in [5, 5.41) is 13.7. The highest BCUT2D eigenvalue weighted by atomic mass is 16.5. The van der Waals surface area contributed by atoms with Crippen molar-refractivity contribution in [3.8, 4) is 0 Å². The zero-order valence-corrected chi connectivity index (χ0v) is 10.2. The van der Waals surface area contributed by atoms with Gasteiger partial charge in [-0.3, -0.25) is 0 Å². The van der Waals surface area contributed by atoms with Gasteiger partial charge in [0.2, 0.25) is 0 Å². The Balaban J connectivity index is 1.62. The summed E-state index contributed by atoms with van der Waals surface area (Å²) < 4.78 is 5.27. The summed E-state index contributed by atoms with van der Waals surface area (Å²) in [5.74, 6) is 0.845. The van der Waals surface area contributed by atoms with Crippen molar-refractivity contribution in [2.75, 3.05) is 26.3 Å². The summed E-state index contributed by atoms with van der Waals surface area (Å²) in [6.45, 7) is 3.25. The fraction of sp³-hybridized carbons (Fsp3) is 1.00. The predicted molar refractivity (Wildman–Crippen MR) is 64.4 cm³/mol. The van der Waals surface area contributed by atoms with Crippen LogP contribution < -0.4 is 5.32 Å². The van der Waals surface area contributed by atoms with E-state index in [4.69, 9.17) is 4.74 Å². The summed E-state index contributed by atoms with van der Waals surface area (Å²) in [6, 6.07) is 0. The molecular weight excluding hydrogens is 202 g/mol. The van der Waals surface area contributed by atoms with Crippen LogP contribution >= 0.6 is 0 Å². The van der Waals surface area contributed by atoms with Crippen LogP contribution in [-0.4, -0.2) is 37.0 Å². The molecule has 2 rings (SSSR count). The molecule has 3 heteroatoms. The van der Waals surface area contributed by atoms with Crippen LogP contribution in [0.2, 0.25) is 0 Å². The molecule has 0 radical (unpaired) electrons. The lowest BCUT2D eigenvalue weighted by molar-refractivity contribution is -0.0619. The van der Waals surface area contributed by atoms with E-state index >= 15 is 0 Å². The molecule has 0 unspecified atom stereocenters. The third kappa shape index (κ3) is 3.72. The molecule has 0 spiro atoms. The number of aliphatic hydroxyl groups is 1. The highest BCUT2D eigenvalue weighted by Gasteiger charge is 2.29. The van der Waals surface area contributed by atoms with Crippen LogP contribution in [0.3, 0.4) is 0 Å². The normalized spacial score (nSPS) is 26.8. The quantitative estimate of drug-likeness (QED) is 0.768. The molecule has 2 fully saturated rings. The van der Waals surface area contributed by atoms with E-state index in [1.165, 1.54) is 32.1 Å². The first-order chi connectivity index (χ1) is 7.79. The molecule has 0 aromatic carbocycles. The van der Waals surface area contributed by atoms with Gasteiger partial charge in [0, 0.05) is 32.6 Å². The third-order valence-corrected chi connectivity index (χ3v) is 4.04. The molecule has 0 bridgehead atoms. The van der Waals surface area contributed by atoms with Crippen molar-refractivity contribution >= 4 is 0 Å². The molecular formula is C13H25NO2. The van der Waals surface area contributed by atoms with Crippen LogP contribution in [0.4, 0.5) is 0 Å². The monoisotopic (exact) mass is 227 g/mol. The first-order valence-electron chi connectivity index (χ1n) is 6.79. The average molecular weight is 227 g/mol. The van der Waals surface area contributed by atoms with E-state index in [1.54, 1.807) is 0 Å². The first kappa shape index (κ1) is 12.3. The summed E-state index contributed by atoms with van der Waals surface area (Å²) in [4.78, 5) is 0. The van der Waals surface area contributed by atoms with Crippen LogP contribution in [0.1, 0.15) is 44.9 Å². The Morgan fingerprint density at radius 2 is 1.81 bits per heavy atom. The van der Waals surface area contributed by atoms with Gasteiger partial charge in [-0.25, -0.2) is 0 Å². The fourth-order valence-electron chi connectivity index (χ4n) is 2.83. The summed E-state index contributed by atoms with van der Waals surface area (Å²) in [5.41, 5.74) is -0.507. The molecule has 1 heterocycles. The number of ether oxygens (including phenoxy) is 1. The van der Waals surface area contributed by atoms with Gasteiger partial charge in [-0.15, -0.1) is 0 Å². The topological polar surface area (TPSA) is 41.5 Å². The second kappa shape index (κ2) is 5.99. The zero-order chi connectivity index (χ0) is 11.3. The Morgan fingerprint density at radius 3 is 2.50 bits per heavy atom. The van der Waals surface area contributed by atoms with Gasteiger partial charge < -0.3 is 15.2 Å². The molecule has 2 aliphatic rings. The second-order valence-corrected chi connectivity index (χ2v) is 5.47. The lowest BCUT2D eigenvalue weighted by atomic mass is 9.88. The Kier molecular flexibility index (Phi) is 4.62. The predicted octanol–water partition coefficient (Wildman–Crippen LogP) is 1.70. The van der Waals surface area contributed by atoms with E-state index in [0.29, 0.717) is 13.2 Å². The first-order valence-corrected chi connectivity index (χ1v) is 6.79. The van der Waals surface area contributed by atoms with Gasteiger partial charge in [0.15, 0.2) is 0 Å². The lowest BCUT2D eigenvalue weighted by Gasteiger charge is -2.33. The number of nitrogens with one attached hydrogen (secondary N) is 1. The van der Waals surface area contributed by atoms with Crippen LogP contribution in [0.25, 0.3) is 0 Å². The van der Waals surface area contributed by atoms with E-state index in [0.717, 1.165) is 31.8 Å². The number of hydrogen-bond donors (Lipinski definition) is 2. The average Bonchev–Trinajstić information content (AvgIpc) is 2.31. The summed E-state index contributed by atoms with van der Waals surface area (Å²) >= 11 is 0. The Morgan fingerprint density at radius 1 is 1.12 bits per heavy atom. The maximum atomic E-state index is 10.3. The molecule has 0 aromatic rings. The van der Waals surface area contributed by atoms with Crippen LogP contribution in [0.5, 0.6) is 0 Å². The SMILES string of the molecule is OC1(CNCC2CCCCC2)CCOCC1. The molecule has 1 saturated heterocycles. The molecule has 0 amide bonds. The highest BCUT2D eigenvalue weighted by Crippen LogP contribution is 2.23. The van der Waals surface area contributed by atoms with Gasteiger partial charge >= 0.3 is 0 Å². The minimum Gasteiger partial charge on any atom is -0.388 e. The van der Waals surface area contributed by atoms with Crippen molar-refractivity contribution in [3.63, 3.8) is 0 Å². The molecule has 0 aromatic heterocycles. The van der Waals surface area contributed by atoms with Gasteiger partial charge in [-0.2, -0.15) is 0 Å². The lowest BCUT2D eigenvalue weighted by Crippen LogP contribution is -2.46. The van der Waals surface area contributed by atoms with Gasteiger partial charge in [0.05, 0.1) is 5.60 Å². The van der Waals surface area contributed by atoms with Crippen molar-refractivity contribution in [1.29, 1.82) is 0 Å². The minimum atomic E-state index is -0.507. The van der Waals surface area contributed by atoms with Gasteiger partial charge in [-0.1, -0.05) is 19.3 Å². The Bertz CT molecular complexity index is 196. The highest BCUT2D eigenvalue weighted by molar-refractivity contribution is 4.84. The maximum Gasteiger partial charge on any atom is 0.0815 e. The number of hydrogen-bond acceptors (Lipinski definition) is 3. The molecule has 1 saturated carbocycles. The van der Waals surface area contributed by atoms with Crippen molar-refractivity contribution in [2.24, 2.45) is 5.92 Å². The maximum absolute atomic E-state index is 10.3. The van der Waals surface area contributed by atoms with Crippen LogP contribution in [-0.2, 0) is 4.74 Å². The van der Waals surface area contributed by atoms with Crippen LogP contribution in [0.15, 0.2) is 0 Å². The second-order valence-electron chi connectivity index (χ2n) is 5.47. The molecule has 1 aliphatic heterocycles. The van der Waals surface area contributed by atoms with Crippen LogP contribution in [0, 0.1) is 5.92 Å². The smallest absolute Gasteiger partial charge is 0.0815 e. The van der Waals surface area contributed by atoms with Crippen molar-refractivity contribution < 1.29 is 9.84 Å². The van der Waals surface area contributed by atoms with E-state index in [2.05, 4.69) is 5.32 Å². The van der Waals surface area contributed by atoms with E-state index in [-0.39, 0.29) is 0 Å². The van der Waals surface area contributed by atoms with E-state index < -0.39 is 5.60 Å². The van der Waals surface area contributed by atoms with Crippen molar-refractivity contribution in [1.82, 2.24) is 5.32 Å². The molecule has 2 N–H and O–H groups in total. The largest absolute Gasteiger partial charge is 0.388 e. The summed E-state index contributed by atoms with van der Waals surface area (Å²) in [7, 11) is 0. The molecule has 94 valence electrons. The third-order valence-electron chi connectivity index (χ3n) is 4.04. The van der Waals surface area contributed by atoms with Gasteiger partial charge in [0.25, 0.3) is 0 Å². The fourth-order valence-corrected chi connectivity index (χ4v) is 2.83. The molecule has 3 nitrogen and oxygen atoms in total. The molecule has 0 atom stereocenters.